The minimum absolute atomic E-state index is 1.21. The van der Waals surface area contributed by atoms with Crippen molar-refractivity contribution in [2.75, 3.05) is 0 Å². The van der Waals surface area contributed by atoms with Crippen molar-refractivity contribution in [1.82, 2.24) is 0 Å². The quantitative estimate of drug-likeness (QED) is 0.158. The molecule has 13 aromatic carbocycles. The maximum atomic E-state index is 2.47. The Morgan fingerprint density at radius 1 is 0.183 bits per heavy atom. The molecule has 1 aliphatic rings. The molecule has 0 radical (unpaired) electrons. The van der Waals surface area contributed by atoms with Crippen LogP contribution in [0.2, 0.25) is 0 Å². The van der Waals surface area contributed by atoms with Gasteiger partial charge in [0.25, 0.3) is 0 Å². The van der Waals surface area contributed by atoms with E-state index in [1.807, 2.05) is 0 Å². The highest BCUT2D eigenvalue weighted by atomic mass is 14.3. The summed E-state index contributed by atoms with van der Waals surface area (Å²) in [7, 11) is 0. The maximum Gasteiger partial charge on any atom is -0.000742 e. The summed E-state index contributed by atoms with van der Waals surface area (Å²) in [5, 5.41) is 20.8. The lowest BCUT2D eigenvalue weighted by Crippen LogP contribution is -1.93. The summed E-state index contributed by atoms with van der Waals surface area (Å²) in [6, 6.07) is 77.7. The van der Waals surface area contributed by atoms with Crippen molar-refractivity contribution < 1.29 is 0 Å². The van der Waals surface area contributed by atoms with Gasteiger partial charge in [-0.25, -0.2) is 0 Å². The summed E-state index contributed by atoms with van der Waals surface area (Å²) in [4.78, 5) is 0. The molecule has 0 amide bonds. The second kappa shape index (κ2) is 11.9. The van der Waals surface area contributed by atoms with E-state index in [0.717, 1.165) is 0 Å². The van der Waals surface area contributed by atoms with E-state index in [2.05, 4.69) is 206 Å². The van der Waals surface area contributed by atoms with Crippen LogP contribution < -0.4 is 0 Å². The average molecular weight is 755 g/mol. The molecular weight excluding hydrogens is 721 g/mol. The van der Waals surface area contributed by atoms with Crippen LogP contribution in [0.5, 0.6) is 0 Å². The van der Waals surface area contributed by atoms with E-state index in [9.17, 15) is 0 Å². The molecule has 274 valence electrons. The Kier molecular flexibility index (Phi) is 6.38. The van der Waals surface area contributed by atoms with Gasteiger partial charge in [-0.15, -0.1) is 0 Å². The van der Waals surface area contributed by atoms with Gasteiger partial charge in [0.05, 0.1) is 0 Å². The Bertz CT molecular complexity index is 3950. The van der Waals surface area contributed by atoms with Crippen LogP contribution in [-0.2, 0) is 0 Å². The highest BCUT2D eigenvalue weighted by Crippen LogP contribution is 2.57. The average Bonchev–Trinajstić information content (AvgIpc) is 3.64. The molecule has 0 heteroatoms. The van der Waals surface area contributed by atoms with Gasteiger partial charge < -0.3 is 0 Å². The van der Waals surface area contributed by atoms with Crippen LogP contribution in [0.1, 0.15) is 0 Å². The van der Waals surface area contributed by atoms with Crippen molar-refractivity contribution in [2.45, 2.75) is 0 Å². The van der Waals surface area contributed by atoms with Gasteiger partial charge in [-0.05, 0) is 154 Å². The second-order valence-corrected chi connectivity index (χ2v) is 16.7. The molecule has 0 bridgehead atoms. The third-order valence-electron chi connectivity index (χ3n) is 13.7. The van der Waals surface area contributed by atoms with Crippen LogP contribution in [0, 0.1) is 0 Å². The molecule has 13 aromatic rings. The van der Waals surface area contributed by atoms with E-state index in [0.29, 0.717) is 0 Å². The number of benzene rings is 12. The maximum absolute atomic E-state index is 2.47. The molecule has 0 aliphatic heterocycles. The van der Waals surface area contributed by atoms with Crippen molar-refractivity contribution >= 4 is 86.2 Å². The Morgan fingerprint density at radius 3 is 1.13 bits per heavy atom. The van der Waals surface area contributed by atoms with E-state index in [-0.39, 0.29) is 0 Å². The summed E-state index contributed by atoms with van der Waals surface area (Å²) in [6.45, 7) is 0. The van der Waals surface area contributed by atoms with Gasteiger partial charge in [0, 0.05) is 0 Å². The third kappa shape index (κ3) is 4.24. The molecule has 0 N–H and O–H groups in total. The Hall–Kier alpha value is -7.80. The normalized spacial score (nSPS) is 12.3. The predicted molar refractivity (Wildman–Crippen MR) is 258 cm³/mol. The van der Waals surface area contributed by atoms with Gasteiger partial charge in [0.1, 0.15) is 0 Å². The first-order valence-corrected chi connectivity index (χ1v) is 21.0. The highest BCUT2D eigenvalue weighted by Gasteiger charge is 2.30. The molecule has 0 saturated carbocycles. The third-order valence-corrected chi connectivity index (χ3v) is 13.7. The molecule has 0 aromatic heterocycles. The minimum Gasteiger partial charge on any atom is -0.0622 e. The summed E-state index contributed by atoms with van der Waals surface area (Å²) in [5.41, 5.74) is 12.8. The Labute approximate surface area is 346 Å². The van der Waals surface area contributed by atoms with Crippen LogP contribution in [-0.4, -0.2) is 0 Å². The van der Waals surface area contributed by atoms with Crippen LogP contribution in [0.4, 0.5) is 0 Å². The molecule has 0 unspecified atom stereocenters. The summed E-state index contributed by atoms with van der Waals surface area (Å²) in [5.74, 6) is 0. The standard InChI is InChI=1S/C60H34/c1-2-11-37(12-3-1)56-44-18-4-5-19-45(44)57(60-50-24-10-14-36-13-9-23-49(52(36)50)59(56)60)41-27-25-35(26-28-41)43-33-42-32-31-40-16-7-21-47-46-20-6-15-38-29-30-39-17-8-22-48(55(39)53(38)46)51(34-43)58(42)54(40)47/h1-34H. The smallest absolute Gasteiger partial charge is 0.000742 e. The van der Waals surface area contributed by atoms with Crippen molar-refractivity contribution in [3.8, 4) is 55.6 Å². The number of rotatable bonds is 3. The summed E-state index contributed by atoms with van der Waals surface area (Å²) in [6.07, 6.45) is 0. The molecule has 0 spiro atoms. The zero-order chi connectivity index (χ0) is 39.1. The largest absolute Gasteiger partial charge is 0.0622 e. The van der Waals surface area contributed by atoms with Gasteiger partial charge in [-0.2, -0.15) is 0 Å². The fourth-order valence-corrected chi connectivity index (χ4v) is 11.2. The van der Waals surface area contributed by atoms with Gasteiger partial charge in [0.2, 0.25) is 0 Å². The molecule has 0 atom stereocenters. The number of fused-ring (bicyclic) bond motifs is 6. The van der Waals surface area contributed by atoms with Crippen LogP contribution in [0.3, 0.4) is 0 Å². The Balaban J connectivity index is 1.04. The van der Waals surface area contributed by atoms with E-state index in [4.69, 9.17) is 0 Å². The predicted octanol–water partition coefficient (Wildman–Crippen LogP) is 17.0. The zero-order valence-corrected chi connectivity index (χ0v) is 32.6. The fraction of sp³-hybridized carbons (Fsp3) is 0. The molecule has 0 fully saturated rings. The highest BCUT2D eigenvalue weighted by molar-refractivity contribution is 6.37. The van der Waals surface area contributed by atoms with Crippen molar-refractivity contribution in [2.24, 2.45) is 0 Å². The van der Waals surface area contributed by atoms with Gasteiger partial charge in [-0.3, -0.25) is 0 Å². The fourth-order valence-electron chi connectivity index (χ4n) is 11.2. The first-order chi connectivity index (χ1) is 29.8. The summed E-state index contributed by atoms with van der Waals surface area (Å²) >= 11 is 0. The van der Waals surface area contributed by atoms with Gasteiger partial charge in [0.15, 0.2) is 0 Å². The lowest BCUT2D eigenvalue weighted by molar-refractivity contribution is 1.61. The lowest BCUT2D eigenvalue weighted by atomic mass is 9.82. The first kappa shape index (κ1) is 32.2. The SMILES string of the molecule is c1ccc(-c2c3c(c(-c4ccc(-c5cc6ccc7cccc8c9cccc%10ccc%11cccc(c(c5)c6c78)c%11c%109)cc4)c4ccccc24)-c2cccc4cccc-3c24)cc1. The molecule has 14 rings (SSSR count). The first-order valence-electron chi connectivity index (χ1n) is 21.0. The van der Waals surface area contributed by atoms with Crippen molar-refractivity contribution in [1.29, 1.82) is 0 Å². The molecule has 0 heterocycles. The van der Waals surface area contributed by atoms with Crippen LogP contribution >= 0.6 is 0 Å². The van der Waals surface area contributed by atoms with E-state index < -0.39 is 0 Å². The van der Waals surface area contributed by atoms with Crippen LogP contribution in [0.25, 0.3) is 142 Å². The molecule has 0 nitrogen and oxygen atoms in total. The number of hydrogen-bond donors (Lipinski definition) is 0. The van der Waals surface area contributed by atoms with E-state index in [1.165, 1.54) is 142 Å². The Morgan fingerprint density at radius 2 is 0.583 bits per heavy atom. The lowest BCUT2D eigenvalue weighted by Gasteiger charge is -2.20. The van der Waals surface area contributed by atoms with Crippen LogP contribution in [0.15, 0.2) is 206 Å². The van der Waals surface area contributed by atoms with Gasteiger partial charge in [-0.1, -0.05) is 194 Å². The number of hydrogen-bond acceptors (Lipinski definition) is 0. The van der Waals surface area contributed by atoms with E-state index in [1.54, 1.807) is 0 Å². The van der Waals surface area contributed by atoms with E-state index >= 15 is 0 Å². The second-order valence-electron chi connectivity index (χ2n) is 16.7. The molecular formula is C60H34. The molecule has 0 saturated heterocycles. The van der Waals surface area contributed by atoms with Crippen molar-refractivity contribution in [3.05, 3.63) is 206 Å². The van der Waals surface area contributed by atoms with Gasteiger partial charge >= 0.3 is 0 Å². The minimum atomic E-state index is 1.21. The summed E-state index contributed by atoms with van der Waals surface area (Å²) < 4.78 is 0. The zero-order valence-electron chi connectivity index (χ0n) is 32.6. The molecule has 60 heavy (non-hydrogen) atoms. The topological polar surface area (TPSA) is 0 Å². The molecule has 1 aliphatic carbocycles. The van der Waals surface area contributed by atoms with Crippen molar-refractivity contribution in [3.63, 3.8) is 0 Å². The monoisotopic (exact) mass is 754 g/mol.